The second-order valence-electron chi connectivity index (χ2n) is 5.87. The molecule has 2 heterocycles. The van der Waals surface area contributed by atoms with Crippen molar-refractivity contribution in [1.29, 1.82) is 0 Å². The first-order chi connectivity index (χ1) is 9.65. The van der Waals surface area contributed by atoms with E-state index in [2.05, 4.69) is 60.6 Å². The van der Waals surface area contributed by atoms with Gasteiger partial charge in [-0.25, -0.2) is 5.43 Å². The van der Waals surface area contributed by atoms with Gasteiger partial charge in [-0.05, 0) is 44.4 Å². The van der Waals surface area contributed by atoms with E-state index in [1.807, 2.05) is 0 Å². The summed E-state index contributed by atoms with van der Waals surface area (Å²) in [5, 5.41) is 1.35. The summed E-state index contributed by atoms with van der Waals surface area (Å²) in [6.07, 6.45) is 1.04. The fourth-order valence-electron chi connectivity index (χ4n) is 3.56. The zero-order chi connectivity index (χ0) is 14.3. The molecule has 0 radical (unpaired) electrons. The molecule has 2 aromatic rings. The number of nitrogens with two attached hydrogens (primary N) is 1. The molecule has 0 saturated carbocycles. The Balaban J connectivity index is 2.12. The quantitative estimate of drug-likeness (QED) is 0.801. The van der Waals surface area contributed by atoms with Gasteiger partial charge in [0.1, 0.15) is 0 Å². The van der Waals surface area contributed by atoms with Crippen LogP contribution in [-0.2, 0) is 7.05 Å². The average molecular weight is 272 g/mol. The molecule has 0 amide bonds. The molecule has 1 aliphatic rings. The van der Waals surface area contributed by atoms with Crippen LogP contribution in [0, 0.1) is 12.8 Å². The standard InChI is InChI=1S/C16H24N4/c1-10-12(8-9-17)16(19-18-10)15-11(2)20(3)14-7-5-4-6-13(14)15/h4-7,10,12,16,18-19H,8-9,17H2,1-3H3. The largest absolute Gasteiger partial charge is 0.348 e. The van der Waals surface area contributed by atoms with Gasteiger partial charge in [0.2, 0.25) is 0 Å². The third-order valence-corrected chi connectivity index (χ3v) is 4.80. The van der Waals surface area contributed by atoms with E-state index in [4.69, 9.17) is 5.73 Å². The number of fused-ring (bicyclic) bond motifs is 1. The molecule has 1 saturated heterocycles. The van der Waals surface area contributed by atoms with Crippen LogP contribution in [0.3, 0.4) is 0 Å². The van der Waals surface area contributed by atoms with Gasteiger partial charge in [-0.1, -0.05) is 18.2 Å². The third-order valence-electron chi connectivity index (χ3n) is 4.80. The fraction of sp³-hybridized carbons (Fsp3) is 0.500. The fourth-order valence-corrected chi connectivity index (χ4v) is 3.56. The number of benzene rings is 1. The van der Waals surface area contributed by atoms with Crippen molar-refractivity contribution in [2.24, 2.45) is 18.7 Å². The lowest BCUT2D eigenvalue weighted by atomic mass is 9.86. The summed E-state index contributed by atoms with van der Waals surface area (Å²) in [6, 6.07) is 9.42. The highest BCUT2D eigenvalue weighted by Crippen LogP contribution is 2.37. The molecule has 3 atom stereocenters. The number of rotatable bonds is 3. The van der Waals surface area contributed by atoms with E-state index in [0.29, 0.717) is 18.0 Å². The van der Waals surface area contributed by atoms with Crippen molar-refractivity contribution in [2.75, 3.05) is 6.54 Å². The van der Waals surface area contributed by atoms with Gasteiger partial charge in [0.15, 0.2) is 0 Å². The first-order valence-electron chi connectivity index (χ1n) is 7.40. The number of para-hydroxylation sites is 1. The number of aryl methyl sites for hydroxylation is 1. The van der Waals surface area contributed by atoms with Gasteiger partial charge in [-0.15, -0.1) is 0 Å². The minimum absolute atomic E-state index is 0.333. The van der Waals surface area contributed by atoms with Crippen LogP contribution in [0.4, 0.5) is 0 Å². The maximum atomic E-state index is 5.81. The number of hydrogen-bond donors (Lipinski definition) is 3. The molecule has 4 heteroatoms. The highest BCUT2D eigenvalue weighted by Gasteiger charge is 2.35. The molecule has 1 aromatic heterocycles. The van der Waals surface area contributed by atoms with Crippen LogP contribution < -0.4 is 16.6 Å². The highest BCUT2D eigenvalue weighted by atomic mass is 15.4. The van der Waals surface area contributed by atoms with E-state index in [1.165, 1.54) is 22.2 Å². The molecule has 1 aliphatic heterocycles. The van der Waals surface area contributed by atoms with Crippen LogP contribution in [-0.4, -0.2) is 17.2 Å². The zero-order valence-corrected chi connectivity index (χ0v) is 12.5. The molecule has 0 bridgehead atoms. The lowest BCUT2D eigenvalue weighted by Gasteiger charge is -2.21. The van der Waals surface area contributed by atoms with Gasteiger partial charge >= 0.3 is 0 Å². The van der Waals surface area contributed by atoms with E-state index in [1.54, 1.807) is 0 Å². The number of aromatic nitrogens is 1. The number of nitrogens with zero attached hydrogens (tertiary/aromatic N) is 1. The molecule has 108 valence electrons. The highest BCUT2D eigenvalue weighted by molar-refractivity contribution is 5.86. The average Bonchev–Trinajstić information content (AvgIpc) is 2.92. The summed E-state index contributed by atoms with van der Waals surface area (Å²) in [5.74, 6) is 0.532. The minimum Gasteiger partial charge on any atom is -0.348 e. The Kier molecular flexibility index (Phi) is 3.54. The summed E-state index contributed by atoms with van der Waals surface area (Å²) in [5.41, 5.74) is 16.7. The number of hydrazine groups is 1. The Morgan fingerprint density at radius 1 is 1.25 bits per heavy atom. The molecule has 4 N–H and O–H groups in total. The van der Waals surface area contributed by atoms with Crippen molar-refractivity contribution in [3.8, 4) is 0 Å². The van der Waals surface area contributed by atoms with E-state index in [0.717, 1.165) is 13.0 Å². The van der Waals surface area contributed by atoms with Crippen LogP contribution >= 0.6 is 0 Å². The molecule has 4 nitrogen and oxygen atoms in total. The van der Waals surface area contributed by atoms with Crippen LogP contribution in [0.1, 0.15) is 30.6 Å². The van der Waals surface area contributed by atoms with Gasteiger partial charge in [-0.3, -0.25) is 5.43 Å². The van der Waals surface area contributed by atoms with Gasteiger partial charge in [0.05, 0.1) is 6.04 Å². The minimum atomic E-state index is 0.333. The Morgan fingerprint density at radius 2 is 2.00 bits per heavy atom. The Hall–Kier alpha value is -1.36. The van der Waals surface area contributed by atoms with E-state index >= 15 is 0 Å². The van der Waals surface area contributed by atoms with Crippen molar-refractivity contribution in [3.05, 3.63) is 35.5 Å². The molecule has 20 heavy (non-hydrogen) atoms. The summed E-state index contributed by atoms with van der Waals surface area (Å²) in [7, 11) is 2.14. The van der Waals surface area contributed by atoms with Crippen LogP contribution in [0.5, 0.6) is 0 Å². The first-order valence-corrected chi connectivity index (χ1v) is 7.40. The smallest absolute Gasteiger partial charge is 0.0530 e. The van der Waals surface area contributed by atoms with Crippen molar-refractivity contribution >= 4 is 10.9 Å². The van der Waals surface area contributed by atoms with Gasteiger partial charge in [-0.2, -0.15) is 0 Å². The monoisotopic (exact) mass is 272 g/mol. The molecule has 3 rings (SSSR count). The maximum Gasteiger partial charge on any atom is 0.0530 e. The summed E-state index contributed by atoms with van der Waals surface area (Å²) in [6.45, 7) is 5.17. The molecule has 0 spiro atoms. The SMILES string of the molecule is Cc1c(C2NNC(C)C2CCN)c2ccccc2n1C. The second-order valence-corrected chi connectivity index (χ2v) is 5.87. The summed E-state index contributed by atoms with van der Waals surface area (Å²) >= 11 is 0. The van der Waals surface area contributed by atoms with E-state index < -0.39 is 0 Å². The zero-order valence-electron chi connectivity index (χ0n) is 12.5. The van der Waals surface area contributed by atoms with Crippen LogP contribution in [0.2, 0.25) is 0 Å². The maximum absolute atomic E-state index is 5.81. The Bertz CT molecular complexity index is 616. The van der Waals surface area contributed by atoms with Crippen molar-refractivity contribution in [1.82, 2.24) is 15.4 Å². The second kappa shape index (κ2) is 5.20. The number of nitrogens with one attached hydrogen (secondary N) is 2. The number of hydrogen-bond acceptors (Lipinski definition) is 3. The van der Waals surface area contributed by atoms with E-state index in [-0.39, 0.29) is 0 Å². The topological polar surface area (TPSA) is 55.0 Å². The predicted octanol–water partition coefficient (Wildman–Crippen LogP) is 1.99. The van der Waals surface area contributed by atoms with Gasteiger partial charge < -0.3 is 10.3 Å². The summed E-state index contributed by atoms with van der Waals surface area (Å²) < 4.78 is 2.29. The van der Waals surface area contributed by atoms with Gasteiger partial charge in [0.25, 0.3) is 0 Å². The van der Waals surface area contributed by atoms with Crippen LogP contribution in [0.25, 0.3) is 10.9 Å². The predicted molar refractivity (Wildman–Crippen MR) is 83.3 cm³/mol. The van der Waals surface area contributed by atoms with E-state index in [9.17, 15) is 0 Å². The summed E-state index contributed by atoms with van der Waals surface area (Å²) in [4.78, 5) is 0. The molecule has 0 aliphatic carbocycles. The normalized spacial score (nSPS) is 26.5. The van der Waals surface area contributed by atoms with Crippen molar-refractivity contribution < 1.29 is 0 Å². The lowest BCUT2D eigenvalue weighted by Crippen LogP contribution is -2.29. The van der Waals surface area contributed by atoms with Crippen LogP contribution in [0.15, 0.2) is 24.3 Å². The Morgan fingerprint density at radius 3 is 2.75 bits per heavy atom. The third kappa shape index (κ3) is 1.95. The molecule has 1 aromatic carbocycles. The van der Waals surface area contributed by atoms with Gasteiger partial charge in [0, 0.05) is 29.7 Å². The molecular formula is C16H24N4. The van der Waals surface area contributed by atoms with Crippen molar-refractivity contribution in [3.63, 3.8) is 0 Å². The first kappa shape index (κ1) is 13.6. The molecular weight excluding hydrogens is 248 g/mol. The Labute approximate surface area is 120 Å². The molecule has 1 fully saturated rings. The molecule has 3 unspecified atom stereocenters. The van der Waals surface area contributed by atoms with Crippen molar-refractivity contribution in [2.45, 2.75) is 32.4 Å². The lowest BCUT2D eigenvalue weighted by molar-refractivity contribution is 0.410.